The number of aryl methyl sites for hydroxylation is 1. The van der Waals surface area contributed by atoms with Crippen LogP contribution in [0.1, 0.15) is 17.1 Å². The van der Waals surface area contributed by atoms with Crippen LogP contribution in [0, 0.1) is 6.92 Å². The van der Waals surface area contributed by atoms with Crippen molar-refractivity contribution in [2.75, 3.05) is 5.84 Å². The van der Waals surface area contributed by atoms with Crippen molar-refractivity contribution in [3.05, 3.63) is 86.6 Å². The lowest BCUT2D eigenvalue weighted by Gasteiger charge is -2.05. The van der Waals surface area contributed by atoms with Gasteiger partial charge in [-0.3, -0.25) is 4.79 Å². The van der Waals surface area contributed by atoms with Crippen LogP contribution in [0.25, 0.3) is 34.4 Å². The van der Waals surface area contributed by atoms with E-state index in [0.717, 1.165) is 20.5 Å². The Balaban J connectivity index is 1.68. The van der Waals surface area contributed by atoms with Crippen LogP contribution in [0.3, 0.4) is 0 Å². The molecule has 0 aliphatic rings. The fourth-order valence-corrected chi connectivity index (χ4v) is 3.53. The first-order valence-electron chi connectivity index (χ1n) is 8.34. The maximum absolute atomic E-state index is 12.3. The second kappa shape index (κ2) is 6.89. The van der Waals surface area contributed by atoms with Crippen LogP contribution in [0.4, 0.5) is 0 Å². The molecule has 0 bridgehead atoms. The highest BCUT2D eigenvalue weighted by molar-refractivity contribution is 9.10. The van der Waals surface area contributed by atoms with Crippen LogP contribution in [-0.2, 0) is 0 Å². The van der Waals surface area contributed by atoms with Crippen LogP contribution in [0.2, 0.25) is 0 Å². The van der Waals surface area contributed by atoms with Gasteiger partial charge in [-0.05, 0) is 61.0 Å². The molecule has 0 fully saturated rings. The van der Waals surface area contributed by atoms with Gasteiger partial charge in [-0.1, -0.05) is 34.1 Å². The number of furan rings is 1. The number of nitrogen functional groups attached to an aromatic ring is 1. The Hall–Kier alpha value is -3.12. The number of nitrogens with zero attached hydrogens (tertiary/aromatic N) is 2. The van der Waals surface area contributed by atoms with Crippen LogP contribution in [0.5, 0.6) is 0 Å². The van der Waals surface area contributed by atoms with Crippen LogP contribution in [0.15, 0.2) is 68.3 Å². The van der Waals surface area contributed by atoms with E-state index in [1.807, 2.05) is 43.3 Å². The van der Waals surface area contributed by atoms with Gasteiger partial charge in [0.15, 0.2) is 5.82 Å². The molecule has 0 aliphatic heterocycles. The maximum Gasteiger partial charge on any atom is 0.280 e. The standard InChI is InChI=1S/C21H16BrN3O2/c1-13-6-9-15(17(22)12-13)19-10-7-14(27-19)8-11-20-24-18-5-3-2-4-16(18)21(26)25(20)23/h2-12H,23H2,1H3/b11-8+. The van der Waals surface area contributed by atoms with Gasteiger partial charge >= 0.3 is 0 Å². The van der Waals surface area contributed by atoms with Gasteiger partial charge in [0.25, 0.3) is 5.56 Å². The number of fused-ring (bicyclic) bond motifs is 1. The predicted molar refractivity (Wildman–Crippen MR) is 112 cm³/mol. The number of aromatic nitrogens is 2. The smallest absolute Gasteiger partial charge is 0.280 e. The molecule has 4 aromatic rings. The summed E-state index contributed by atoms with van der Waals surface area (Å²) < 4.78 is 7.91. The molecular weight excluding hydrogens is 406 g/mol. The van der Waals surface area contributed by atoms with Crippen LogP contribution < -0.4 is 11.4 Å². The minimum Gasteiger partial charge on any atom is -0.457 e. The van der Waals surface area contributed by atoms with Crippen LogP contribution >= 0.6 is 15.9 Å². The summed E-state index contributed by atoms with van der Waals surface area (Å²) in [5.74, 6) is 7.64. The van der Waals surface area contributed by atoms with E-state index in [9.17, 15) is 4.79 Å². The number of halogens is 1. The van der Waals surface area contributed by atoms with Crippen molar-refractivity contribution in [2.45, 2.75) is 6.92 Å². The fraction of sp³-hybridized carbons (Fsp3) is 0.0476. The van der Waals surface area contributed by atoms with E-state index in [0.29, 0.717) is 22.5 Å². The highest BCUT2D eigenvalue weighted by atomic mass is 79.9. The van der Waals surface area contributed by atoms with E-state index in [4.69, 9.17) is 10.3 Å². The maximum atomic E-state index is 12.3. The molecule has 0 amide bonds. The summed E-state index contributed by atoms with van der Waals surface area (Å²) in [6.07, 6.45) is 3.41. The zero-order valence-corrected chi connectivity index (χ0v) is 16.1. The highest BCUT2D eigenvalue weighted by Crippen LogP contribution is 2.30. The van der Waals surface area contributed by atoms with E-state index < -0.39 is 0 Å². The minimum atomic E-state index is -0.288. The lowest BCUT2D eigenvalue weighted by atomic mass is 10.1. The van der Waals surface area contributed by atoms with Gasteiger partial charge in [-0.15, -0.1) is 0 Å². The lowest BCUT2D eigenvalue weighted by molar-refractivity contribution is 0.571. The Morgan fingerprint density at radius 2 is 1.93 bits per heavy atom. The topological polar surface area (TPSA) is 74.0 Å². The Morgan fingerprint density at radius 3 is 2.74 bits per heavy atom. The molecule has 5 nitrogen and oxygen atoms in total. The van der Waals surface area contributed by atoms with Gasteiger partial charge in [0.05, 0.1) is 10.9 Å². The molecule has 0 spiro atoms. The number of nitrogens with two attached hydrogens (primary N) is 1. The fourth-order valence-electron chi connectivity index (χ4n) is 2.84. The molecule has 134 valence electrons. The van der Waals surface area contributed by atoms with Crippen molar-refractivity contribution in [1.82, 2.24) is 9.66 Å². The average molecular weight is 422 g/mol. The van der Waals surface area contributed by atoms with Crippen molar-refractivity contribution < 1.29 is 4.42 Å². The zero-order chi connectivity index (χ0) is 19.0. The monoisotopic (exact) mass is 421 g/mol. The van der Waals surface area contributed by atoms with E-state index in [2.05, 4.69) is 20.9 Å². The first-order valence-corrected chi connectivity index (χ1v) is 9.13. The Labute approximate surface area is 163 Å². The first kappa shape index (κ1) is 17.3. The number of rotatable bonds is 3. The lowest BCUT2D eigenvalue weighted by Crippen LogP contribution is -2.30. The van der Waals surface area contributed by atoms with Crippen molar-refractivity contribution >= 4 is 39.0 Å². The van der Waals surface area contributed by atoms with Crippen LogP contribution in [-0.4, -0.2) is 9.66 Å². The molecule has 27 heavy (non-hydrogen) atoms. The van der Waals surface area contributed by atoms with E-state index >= 15 is 0 Å². The van der Waals surface area contributed by atoms with Crippen molar-refractivity contribution in [2.24, 2.45) is 0 Å². The SMILES string of the molecule is Cc1ccc(-c2ccc(/C=C/c3nc4ccccc4c(=O)n3N)o2)c(Br)c1. The number of hydrogen-bond donors (Lipinski definition) is 1. The molecule has 2 N–H and O–H groups in total. The van der Waals surface area contributed by atoms with Gasteiger partial charge in [0.2, 0.25) is 0 Å². The van der Waals surface area contributed by atoms with Gasteiger partial charge < -0.3 is 10.3 Å². The molecule has 4 rings (SSSR count). The third-order valence-corrected chi connectivity index (χ3v) is 4.90. The van der Waals surface area contributed by atoms with Gasteiger partial charge in [0.1, 0.15) is 11.5 Å². The Bertz CT molecular complexity index is 1240. The molecular formula is C21H16BrN3O2. The minimum absolute atomic E-state index is 0.288. The molecule has 0 radical (unpaired) electrons. The molecule has 0 atom stereocenters. The van der Waals surface area contributed by atoms with Crippen molar-refractivity contribution in [3.63, 3.8) is 0 Å². The molecule has 0 saturated carbocycles. The molecule has 2 aromatic carbocycles. The second-order valence-electron chi connectivity index (χ2n) is 6.18. The van der Waals surface area contributed by atoms with Gasteiger partial charge in [-0.2, -0.15) is 0 Å². The summed E-state index contributed by atoms with van der Waals surface area (Å²) in [5.41, 5.74) is 2.46. The molecule has 0 unspecified atom stereocenters. The van der Waals surface area contributed by atoms with E-state index in [-0.39, 0.29) is 5.56 Å². The summed E-state index contributed by atoms with van der Waals surface area (Å²) in [5, 5.41) is 0.488. The second-order valence-corrected chi connectivity index (χ2v) is 7.04. The Kier molecular flexibility index (Phi) is 4.41. The van der Waals surface area contributed by atoms with Gasteiger partial charge in [-0.25, -0.2) is 9.66 Å². The Morgan fingerprint density at radius 1 is 1.11 bits per heavy atom. The van der Waals surface area contributed by atoms with Crippen molar-refractivity contribution in [1.29, 1.82) is 0 Å². The number of benzene rings is 2. The normalized spacial score (nSPS) is 11.5. The summed E-state index contributed by atoms with van der Waals surface area (Å²) >= 11 is 3.57. The third kappa shape index (κ3) is 3.31. The molecule has 0 aliphatic carbocycles. The molecule has 2 heterocycles. The number of hydrogen-bond acceptors (Lipinski definition) is 4. The summed E-state index contributed by atoms with van der Waals surface area (Å²) in [7, 11) is 0. The molecule has 6 heteroatoms. The summed E-state index contributed by atoms with van der Waals surface area (Å²) in [4.78, 5) is 16.8. The zero-order valence-electron chi connectivity index (χ0n) is 14.5. The quantitative estimate of drug-likeness (QED) is 0.490. The predicted octanol–water partition coefficient (Wildman–Crippen LogP) is 4.61. The molecule has 2 aromatic heterocycles. The number of para-hydroxylation sites is 1. The van der Waals surface area contributed by atoms with E-state index in [1.54, 1.807) is 30.4 Å². The van der Waals surface area contributed by atoms with Crippen molar-refractivity contribution in [3.8, 4) is 11.3 Å². The highest BCUT2D eigenvalue weighted by Gasteiger charge is 2.09. The molecule has 0 saturated heterocycles. The average Bonchev–Trinajstić information content (AvgIpc) is 3.12. The largest absolute Gasteiger partial charge is 0.457 e. The summed E-state index contributed by atoms with van der Waals surface area (Å²) in [6, 6.07) is 17.0. The summed E-state index contributed by atoms with van der Waals surface area (Å²) in [6.45, 7) is 2.04. The van der Waals surface area contributed by atoms with Gasteiger partial charge in [0, 0.05) is 10.0 Å². The first-order chi connectivity index (χ1) is 13.0. The third-order valence-electron chi connectivity index (χ3n) is 4.25. The van der Waals surface area contributed by atoms with E-state index in [1.165, 1.54) is 5.56 Å².